The molecule has 0 bridgehead atoms. The molecule has 0 atom stereocenters. The van der Waals surface area contributed by atoms with Crippen LogP contribution in [-0.4, -0.2) is 54.2 Å². The molecule has 2 aliphatic heterocycles. The smallest absolute Gasteiger partial charge is 0.223 e. The van der Waals surface area contributed by atoms with Gasteiger partial charge in [-0.15, -0.1) is 0 Å². The van der Waals surface area contributed by atoms with Gasteiger partial charge in [0, 0.05) is 45.3 Å². The van der Waals surface area contributed by atoms with Gasteiger partial charge in [0.05, 0.1) is 11.3 Å². The number of piperidine rings is 1. The van der Waals surface area contributed by atoms with Gasteiger partial charge in [-0.1, -0.05) is 43.2 Å². The second kappa shape index (κ2) is 10.7. The summed E-state index contributed by atoms with van der Waals surface area (Å²) < 4.78 is 14.2. The summed E-state index contributed by atoms with van der Waals surface area (Å²) in [6.45, 7) is 5.89. The van der Waals surface area contributed by atoms with Gasteiger partial charge >= 0.3 is 0 Å². The summed E-state index contributed by atoms with van der Waals surface area (Å²) in [6.07, 6.45) is 5.53. The summed E-state index contributed by atoms with van der Waals surface area (Å²) >= 11 is 0. The second-order valence-corrected chi connectivity index (χ2v) is 9.59. The topological polar surface area (TPSA) is 47.0 Å². The maximum Gasteiger partial charge on any atom is 0.223 e. The van der Waals surface area contributed by atoms with Crippen molar-refractivity contribution < 1.29 is 14.3 Å². The SMILES string of the molecule is CC(=O)N1CCCCCCN(CC2(O)CCN(c3ccccc3F)CC2)Cc2ccccc21. The Labute approximate surface area is 196 Å². The number of halogens is 1. The maximum absolute atomic E-state index is 14.2. The van der Waals surface area contributed by atoms with Gasteiger partial charge in [0.15, 0.2) is 0 Å². The van der Waals surface area contributed by atoms with Crippen molar-refractivity contribution in [2.24, 2.45) is 0 Å². The van der Waals surface area contributed by atoms with Crippen molar-refractivity contribution in [1.29, 1.82) is 0 Å². The Bertz CT molecular complexity index is 942. The molecule has 2 aromatic carbocycles. The minimum Gasteiger partial charge on any atom is -0.388 e. The normalized spacial score (nSPS) is 20.1. The first kappa shape index (κ1) is 23.7. The van der Waals surface area contributed by atoms with Crippen molar-refractivity contribution >= 4 is 17.3 Å². The average Bonchev–Trinajstić information content (AvgIpc) is 2.83. The molecule has 33 heavy (non-hydrogen) atoms. The van der Waals surface area contributed by atoms with Crippen molar-refractivity contribution in [2.45, 2.75) is 57.6 Å². The first-order valence-electron chi connectivity index (χ1n) is 12.3. The number of anilines is 2. The number of benzene rings is 2. The summed E-state index contributed by atoms with van der Waals surface area (Å²) in [4.78, 5) is 18.7. The lowest BCUT2D eigenvalue weighted by atomic mass is 9.90. The predicted molar refractivity (Wildman–Crippen MR) is 131 cm³/mol. The van der Waals surface area contributed by atoms with E-state index < -0.39 is 5.60 Å². The Morgan fingerprint density at radius 1 is 0.909 bits per heavy atom. The van der Waals surface area contributed by atoms with E-state index in [4.69, 9.17) is 0 Å². The van der Waals surface area contributed by atoms with Crippen LogP contribution >= 0.6 is 0 Å². The Morgan fingerprint density at radius 2 is 1.55 bits per heavy atom. The molecule has 0 saturated carbocycles. The Balaban J connectivity index is 1.48. The lowest BCUT2D eigenvalue weighted by Gasteiger charge is -2.42. The number of rotatable bonds is 3. The molecule has 0 unspecified atom stereocenters. The molecule has 0 radical (unpaired) electrons. The highest BCUT2D eigenvalue weighted by Gasteiger charge is 2.35. The zero-order valence-corrected chi connectivity index (χ0v) is 19.7. The van der Waals surface area contributed by atoms with Gasteiger partial charge in [-0.3, -0.25) is 9.69 Å². The van der Waals surface area contributed by atoms with E-state index in [1.807, 2.05) is 40.1 Å². The van der Waals surface area contributed by atoms with Crippen LogP contribution in [0.1, 0.15) is 51.0 Å². The molecular weight excluding hydrogens is 417 g/mol. The monoisotopic (exact) mass is 453 g/mol. The lowest BCUT2D eigenvalue weighted by Crippen LogP contribution is -2.51. The number of β-amino-alcohol motifs (C(OH)–C–C–N with tert-alkyl or cyclic N) is 1. The molecule has 6 heteroatoms. The van der Waals surface area contributed by atoms with Gasteiger partial charge in [0.1, 0.15) is 5.82 Å². The van der Waals surface area contributed by atoms with E-state index in [2.05, 4.69) is 11.0 Å². The minimum absolute atomic E-state index is 0.0763. The summed E-state index contributed by atoms with van der Waals surface area (Å²) in [5.41, 5.74) is 1.94. The fourth-order valence-electron chi connectivity index (χ4n) is 5.22. The largest absolute Gasteiger partial charge is 0.388 e. The molecule has 2 heterocycles. The molecule has 1 saturated heterocycles. The molecule has 5 nitrogen and oxygen atoms in total. The number of hydrogen-bond acceptors (Lipinski definition) is 4. The number of fused-ring (bicyclic) bond motifs is 1. The van der Waals surface area contributed by atoms with Crippen molar-refractivity contribution in [1.82, 2.24) is 4.90 Å². The number of hydrogen-bond donors (Lipinski definition) is 1. The molecule has 178 valence electrons. The zero-order valence-electron chi connectivity index (χ0n) is 19.7. The van der Waals surface area contributed by atoms with Crippen molar-refractivity contribution in [3.05, 3.63) is 59.9 Å². The molecule has 2 aliphatic rings. The van der Waals surface area contributed by atoms with Gasteiger partial charge in [-0.25, -0.2) is 4.39 Å². The first-order chi connectivity index (χ1) is 16.0. The fraction of sp³-hybridized carbons (Fsp3) is 0.519. The van der Waals surface area contributed by atoms with Crippen LogP contribution in [0.5, 0.6) is 0 Å². The Kier molecular flexibility index (Phi) is 7.66. The van der Waals surface area contributed by atoms with Crippen LogP contribution in [0.3, 0.4) is 0 Å². The van der Waals surface area contributed by atoms with E-state index >= 15 is 0 Å². The molecule has 1 amide bonds. The number of nitrogens with zero attached hydrogens (tertiary/aromatic N) is 3. The third-order valence-corrected chi connectivity index (χ3v) is 7.07. The predicted octanol–water partition coefficient (Wildman–Crippen LogP) is 4.59. The number of amides is 1. The van der Waals surface area contributed by atoms with Crippen molar-refractivity contribution in [2.75, 3.05) is 42.5 Å². The van der Waals surface area contributed by atoms with Crippen molar-refractivity contribution in [3.63, 3.8) is 0 Å². The highest BCUT2D eigenvalue weighted by Crippen LogP contribution is 2.30. The summed E-state index contributed by atoms with van der Waals surface area (Å²) in [5, 5.41) is 11.5. The van der Waals surface area contributed by atoms with Gasteiger partial charge in [0.2, 0.25) is 5.91 Å². The van der Waals surface area contributed by atoms with Gasteiger partial charge in [-0.2, -0.15) is 0 Å². The third-order valence-electron chi connectivity index (χ3n) is 7.07. The van der Waals surface area contributed by atoms with E-state index in [0.717, 1.165) is 50.0 Å². The summed E-state index contributed by atoms with van der Waals surface area (Å²) in [7, 11) is 0. The molecule has 4 rings (SSSR count). The van der Waals surface area contributed by atoms with E-state index in [9.17, 15) is 14.3 Å². The van der Waals surface area contributed by atoms with Crippen LogP contribution in [0, 0.1) is 5.82 Å². The Hall–Kier alpha value is -2.44. The summed E-state index contributed by atoms with van der Waals surface area (Å²) in [5.74, 6) is -0.130. The van der Waals surface area contributed by atoms with Crippen LogP contribution in [0.15, 0.2) is 48.5 Å². The number of carbonyl (C=O) groups excluding carboxylic acids is 1. The van der Waals surface area contributed by atoms with Crippen molar-refractivity contribution in [3.8, 4) is 0 Å². The van der Waals surface area contributed by atoms with E-state index in [-0.39, 0.29) is 11.7 Å². The van der Waals surface area contributed by atoms with E-state index in [1.165, 1.54) is 6.07 Å². The first-order valence-corrected chi connectivity index (χ1v) is 12.3. The Morgan fingerprint density at radius 3 is 2.24 bits per heavy atom. The van der Waals surface area contributed by atoms with Gasteiger partial charge in [0.25, 0.3) is 0 Å². The summed E-state index contributed by atoms with van der Waals surface area (Å²) in [6, 6.07) is 15.0. The van der Waals surface area contributed by atoms with E-state index in [1.54, 1.807) is 13.0 Å². The quantitative estimate of drug-likeness (QED) is 0.739. The highest BCUT2D eigenvalue weighted by atomic mass is 19.1. The second-order valence-electron chi connectivity index (χ2n) is 9.59. The molecule has 0 aliphatic carbocycles. The molecule has 2 aromatic rings. The van der Waals surface area contributed by atoms with Crippen LogP contribution in [0.4, 0.5) is 15.8 Å². The van der Waals surface area contributed by atoms with Gasteiger partial charge < -0.3 is 14.9 Å². The standard InChI is InChI=1S/C27H36FN3O2/c1-22(32)31-17-9-3-2-8-16-29(20-23-10-4-6-12-25(23)31)21-27(33)14-18-30(19-15-27)26-13-7-5-11-24(26)28/h4-7,10-13,33H,2-3,8-9,14-21H2,1H3. The fourth-order valence-corrected chi connectivity index (χ4v) is 5.22. The number of carbonyl (C=O) groups is 1. The minimum atomic E-state index is -0.795. The van der Waals surface area contributed by atoms with Crippen LogP contribution < -0.4 is 9.80 Å². The zero-order chi connectivity index (χ0) is 23.3. The van der Waals surface area contributed by atoms with Crippen LogP contribution in [0.2, 0.25) is 0 Å². The molecular formula is C27H36FN3O2. The van der Waals surface area contributed by atoms with Crippen LogP contribution in [0.25, 0.3) is 0 Å². The lowest BCUT2D eigenvalue weighted by molar-refractivity contribution is -0.116. The highest BCUT2D eigenvalue weighted by molar-refractivity contribution is 5.92. The average molecular weight is 454 g/mol. The molecule has 1 fully saturated rings. The van der Waals surface area contributed by atoms with E-state index in [0.29, 0.717) is 44.7 Å². The molecule has 0 aromatic heterocycles. The third kappa shape index (κ3) is 5.92. The maximum atomic E-state index is 14.2. The number of aliphatic hydroxyl groups is 1. The molecule has 0 spiro atoms. The van der Waals surface area contributed by atoms with Gasteiger partial charge in [-0.05, 0) is 56.0 Å². The molecule has 1 N–H and O–H groups in total. The number of para-hydroxylation sites is 2. The van der Waals surface area contributed by atoms with Crippen LogP contribution in [-0.2, 0) is 11.3 Å².